The molecule has 0 atom stereocenters. The summed E-state index contributed by atoms with van der Waals surface area (Å²) in [6.45, 7) is 3.79. The van der Waals surface area contributed by atoms with Crippen LogP contribution in [0.1, 0.15) is 27.0 Å². The number of benzene rings is 2. The summed E-state index contributed by atoms with van der Waals surface area (Å²) in [6.07, 6.45) is 0. The van der Waals surface area contributed by atoms with E-state index in [0.29, 0.717) is 22.6 Å². The fourth-order valence-corrected chi connectivity index (χ4v) is 2.56. The molecular formula is C16H16BrNO2. The first-order valence-electron chi connectivity index (χ1n) is 6.19. The van der Waals surface area contributed by atoms with Gasteiger partial charge in [-0.2, -0.15) is 0 Å². The number of anilines is 1. The minimum Gasteiger partial charge on any atom is -0.496 e. The maximum atomic E-state index is 12.7. The lowest BCUT2D eigenvalue weighted by atomic mass is 9.96. The Kier molecular flexibility index (Phi) is 4.14. The van der Waals surface area contributed by atoms with E-state index in [9.17, 15) is 4.79 Å². The molecule has 0 bridgehead atoms. The predicted octanol–water partition coefficient (Wildman–Crippen LogP) is 3.89. The molecule has 0 amide bonds. The largest absolute Gasteiger partial charge is 0.496 e. The van der Waals surface area contributed by atoms with Gasteiger partial charge in [0.15, 0.2) is 5.78 Å². The first kappa shape index (κ1) is 14.6. The molecule has 2 aromatic rings. The summed E-state index contributed by atoms with van der Waals surface area (Å²) in [7, 11) is 1.56. The lowest BCUT2D eigenvalue weighted by Crippen LogP contribution is -2.08. The van der Waals surface area contributed by atoms with E-state index in [1.807, 2.05) is 26.0 Å². The topological polar surface area (TPSA) is 52.3 Å². The third kappa shape index (κ3) is 2.70. The molecule has 3 nitrogen and oxygen atoms in total. The maximum absolute atomic E-state index is 12.7. The molecule has 2 rings (SSSR count). The van der Waals surface area contributed by atoms with Crippen molar-refractivity contribution in [2.24, 2.45) is 0 Å². The molecule has 0 heterocycles. The molecule has 0 aliphatic rings. The third-order valence-corrected chi connectivity index (χ3v) is 3.71. The molecule has 4 heteroatoms. The van der Waals surface area contributed by atoms with Crippen LogP contribution < -0.4 is 10.5 Å². The van der Waals surface area contributed by atoms with Crippen molar-refractivity contribution >= 4 is 27.4 Å². The molecule has 0 saturated heterocycles. The number of methoxy groups -OCH3 is 1. The molecule has 0 fully saturated rings. The Bertz CT molecular complexity index is 680. The van der Waals surface area contributed by atoms with Gasteiger partial charge in [-0.3, -0.25) is 4.79 Å². The number of hydrogen-bond donors (Lipinski definition) is 1. The quantitative estimate of drug-likeness (QED) is 0.684. The molecule has 0 aromatic heterocycles. The smallest absolute Gasteiger partial charge is 0.197 e. The normalized spacial score (nSPS) is 10.4. The van der Waals surface area contributed by atoms with E-state index in [-0.39, 0.29) is 5.78 Å². The number of rotatable bonds is 3. The Morgan fingerprint density at radius 3 is 2.50 bits per heavy atom. The number of aryl methyl sites for hydroxylation is 1. The van der Waals surface area contributed by atoms with Gasteiger partial charge < -0.3 is 10.5 Å². The van der Waals surface area contributed by atoms with Crippen LogP contribution in [0.25, 0.3) is 0 Å². The SMILES string of the molecule is COc1ccc(C)cc1C(=O)c1cc(Br)cc(N)c1C. The summed E-state index contributed by atoms with van der Waals surface area (Å²) in [5, 5.41) is 0. The number of halogens is 1. The number of nitrogens with two attached hydrogens (primary N) is 1. The van der Waals surface area contributed by atoms with Crippen LogP contribution in [-0.2, 0) is 0 Å². The Balaban J connectivity index is 2.60. The summed E-state index contributed by atoms with van der Waals surface area (Å²) in [5.74, 6) is 0.481. The highest BCUT2D eigenvalue weighted by atomic mass is 79.9. The van der Waals surface area contributed by atoms with Gasteiger partial charge in [0.05, 0.1) is 12.7 Å². The van der Waals surface area contributed by atoms with Crippen LogP contribution in [-0.4, -0.2) is 12.9 Å². The Morgan fingerprint density at radius 1 is 1.15 bits per heavy atom. The zero-order chi connectivity index (χ0) is 14.9. The summed E-state index contributed by atoms with van der Waals surface area (Å²) in [5.41, 5.74) is 9.44. The van der Waals surface area contributed by atoms with Crippen LogP contribution in [0.15, 0.2) is 34.8 Å². The number of nitrogen functional groups attached to an aromatic ring is 1. The van der Waals surface area contributed by atoms with Gasteiger partial charge in [-0.05, 0) is 43.7 Å². The van der Waals surface area contributed by atoms with E-state index >= 15 is 0 Å². The first-order valence-corrected chi connectivity index (χ1v) is 6.98. The van der Waals surface area contributed by atoms with Crippen molar-refractivity contribution in [2.75, 3.05) is 12.8 Å². The number of ketones is 1. The highest BCUT2D eigenvalue weighted by Crippen LogP contribution is 2.28. The van der Waals surface area contributed by atoms with E-state index < -0.39 is 0 Å². The second-order valence-electron chi connectivity index (χ2n) is 4.70. The zero-order valence-corrected chi connectivity index (χ0v) is 13.2. The average Bonchev–Trinajstić information content (AvgIpc) is 2.42. The van der Waals surface area contributed by atoms with Gasteiger partial charge in [0, 0.05) is 15.7 Å². The minimum absolute atomic E-state index is 0.0870. The lowest BCUT2D eigenvalue weighted by molar-refractivity contribution is 0.103. The Morgan fingerprint density at radius 2 is 1.85 bits per heavy atom. The van der Waals surface area contributed by atoms with Crippen molar-refractivity contribution in [3.8, 4) is 5.75 Å². The van der Waals surface area contributed by atoms with Crippen molar-refractivity contribution in [3.63, 3.8) is 0 Å². The highest BCUT2D eigenvalue weighted by Gasteiger charge is 2.18. The molecule has 0 unspecified atom stereocenters. The van der Waals surface area contributed by atoms with Crippen LogP contribution in [0.4, 0.5) is 5.69 Å². The first-order chi connectivity index (χ1) is 9.43. The van der Waals surface area contributed by atoms with Crippen LogP contribution in [0.2, 0.25) is 0 Å². The number of carbonyl (C=O) groups excluding carboxylic acids is 1. The van der Waals surface area contributed by atoms with Crippen molar-refractivity contribution in [2.45, 2.75) is 13.8 Å². The zero-order valence-electron chi connectivity index (χ0n) is 11.7. The molecule has 0 saturated carbocycles. The lowest BCUT2D eigenvalue weighted by Gasteiger charge is -2.12. The van der Waals surface area contributed by atoms with Gasteiger partial charge in [-0.25, -0.2) is 0 Å². The molecule has 0 spiro atoms. The van der Waals surface area contributed by atoms with Gasteiger partial charge in [0.1, 0.15) is 5.75 Å². The van der Waals surface area contributed by atoms with Crippen LogP contribution >= 0.6 is 15.9 Å². The van der Waals surface area contributed by atoms with Gasteiger partial charge in [0.2, 0.25) is 0 Å². The predicted molar refractivity (Wildman–Crippen MR) is 84.5 cm³/mol. The molecule has 2 aromatic carbocycles. The number of carbonyl (C=O) groups is 1. The summed E-state index contributed by atoms with van der Waals surface area (Å²) < 4.78 is 6.07. The third-order valence-electron chi connectivity index (χ3n) is 3.26. The van der Waals surface area contributed by atoms with E-state index in [2.05, 4.69) is 15.9 Å². The fourth-order valence-electron chi connectivity index (χ4n) is 2.08. The van der Waals surface area contributed by atoms with Gasteiger partial charge in [0.25, 0.3) is 0 Å². The van der Waals surface area contributed by atoms with Gasteiger partial charge in [-0.1, -0.05) is 27.6 Å². The van der Waals surface area contributed by atoms with E-state index in [0.717, 1.165) is 15.6 Å². The highest BCUT2D eigenvalue weighted by molar-refractivity contribution is 9.10. The molecule has 20 heavy (non-hydrogen) atoms. The van der Waals surface area contributed by atoms with E-state index in [4.69, 9.17) is 10.5 Å². The fraction of sp³-hybridized carbons (Fsp3) is 0.188. The van der Waals surface area contributed by atoms with Crippen molar-refractivity contribution in [3.05, 3.63) is 57.1 Å². The van der Waals surface area contributed by atoms with E-state index in [1.165, 1.54) is 0 Å². The van der Waals surface area contributed by atoms with Crippen molar-refractivity contribution in [1.82, 2.24) is 0 Å². The molecule has 104 valence electrons. The maximum Gasteiger partial charge on any atom is 0.197 e. The minimum atomic E-state index is -0.0870. The van der Waals surface area contributed by atoms with Crippen molar-refractivity contribution < 1.29 is 9.53 Å². The van der Waals surface area contributed by atoms with Crippen LogP contribution in [0, 0.1) is 13.8 Å². The second-order valence-corrected chi connectivity index (χ2v) is 5.62. The monoisotopic (exact) mass is 333 g/mol. The molecule has 0 radical (unpaired) electrons. The van der Waals surface area contributed by atoms with Crippen molar-refractivity contribution in [1.29, 1.82) is 0 Å². The Labute approximate surface area is 126 Å². The summed E-state index contributed by atoms with van der Waals surface area (Å²) in [4.78, 5) is 12.7. The number of ether oxygens (including phenoxy) is 1. The second kappa shape index (κ2) is 5.67. The van der Waals surface area contributed by atoms with Crippen LogP contribution in [0.3, 0.4) is 0 Å². The Hall–Kier alpha value is -1.81. The van der Waals surface area contributed by atoms with Gasteiger partial charge in [-0.15, -0.1) is 0 Å². The van der Waals surface area contributed by atoms with E-state index in [1.54, 1.807) is 25.3 Å². The average molecular weight is 334 g/mol. The molecule has 0 aliphatic carbocycles. The summed E-state index contributed by atoms with van der Waals surface area (Å²) >= 11 is 3.37. The number of hydrogen-bond acceptors (Lipinski definition) is 3. The summed E-state index contributed by atoms with van der Waals surface area (Å²) in [6, 6.07) is 9.13. The molecule has 0 aliphatic heterocycles. The van der Waals surface area contributed by atoms with Gasteiger partial charge >= 0.3 is 0 Å². The molecule has 2 N–H and O–H groups in total. The van der Waals surface area contributed by atoms with Crippen LogP contribution in [0.5, 0.6) is 5.75 Å². The molecular weight excluding hydrogens is 318 g/mol. The standard InChI is InChI=1S/C16H16BrNO2/c1-9-4-5-15(20-3)13(6-9)16(19)12-7-11(17)8-14(18)10(12)2/h4-8H,18H2,1-3H3.